The number of amides is 1. The van der Waals surface area contributed by atoms with Gasteiger partial charge in [-0.15, -0.1) is 10.2 Å². The van der Waals surface area contributed by atoms with Crippen LogP contribution in [0.4, 0.5) is 5.69 Å². The van der Waals surface area contributed by atoms with Crippen LogP contribution in [0.1, 0.15) is 0 Å². The Hall–Kier alpha value is -1.16. The van der Waals surface area contributed by atoms with Crippen LogP contribution in [0, 0.1) is 0 Å². The normalized spacial score (nSPS) is 10.5. The first-order valence-electron chi connectivity index (χ1n) is 3.81. The standard InChI is InChI=1S/C9H10N2OS/c1-13-7-9(12)11-10-8-5-3-2-4-6-8/h2-6H,7H2,1H3. The number of carbonyl (C=O) groups excluding carboxylic acids is 1. The molecular formula is C9H10N2OS. The third-order valence-electron chi connectivity index (χ3n) is 1.30. The largest absolute Gasteiger partial charge is 0.274 e. The van der Waals surface area contributed by atoms with Crippen LogP contribution in [0.25, 0.3) is 0 Å². The molecular weight excluding hydrogens is 184 g/mol. The maximum Gasteiger partial charge on any atom is 0.274 e. The molecule has 0 atom stereocenters. The van der Waals surface area contributed by atoms with Gasteiger partial charge >= 0.3 is 0 Å². The molecule has 1 amide bonds. The second-order valence-corrected chi connectivity index (χ2v) is 3.23. The molecule has 0 aliphatic carbocycles. The van der Waals surface area contributed by atoms with E-state index in [9.17, 15) is 4.79 Å². The van der Waals surface area contributed by atoms with Crippen LogP contribution in [0.5, 0.6) is 0 Å². The van der Waals surface area contributed by atoms with Crippen molar-refractivity contribution in [3.63, 3.8) is 0 Å². The van der Waals surface area contributed by atoms with Crippen LogP contribution in [-0.2, 0) is 4.79 Å². The average molecular weight is 194 g/mol. The van der Waals surface area contributed by atoms with E-state index in [0.717, 1.165) is 0 Å². The first kappa shape index (κ1) is 9.92. The fraction of sp³-hybridized carbons (Fsp3) is 0.222. The third kappa shape index (κ3) is 3.85. The van der Waals surface area contributed by atoms with Gasteiger partial charge in [0.2, 0.25) is 0 Å². The number of hydrogen-bond donors (Lipinski definition) is 0. The summed E-state index contributed by atoms with van der Waals surface area (Å²) in [7, 11) is 0. The van der Waals surface area contributed by atoms with Gasteiger partial charge in [0, 0.05) is 0 Å². The van der Waals surface area contributed by atoms with E-state index in [-0.39, 0.29) is 5.91 Å². The smallest absolute Gasteiger partial charge is 0.270 e. The number of nitrogens with zero attached hydrogens (tertiary/aromatic N) is 2. The summed E-state index contributed by atoms with van der Waals surface area (Å²) in [5.74, 6) is 0.187. The maximum atomic E-state index is 10.9. The Labute approximate surface area is 81.3 Å². The molecule has 0 aliphatic rings. The molecule has 0 radical (unpaired) electrons. The predicted octanol–water partition coefficient (Wildman–Crippen LogP) is 2.66. The molecule has 0 heterocycles. The SMILES string of the molecule is CSCC(=O)N=Nc1ccccc1. The van der Waals surface area contributed by atoms with E-state index in [1.165, 1.54) is 11.8 Å². The second kappa shape index (κ2) is 5.48. The van der Waals surface area contributed by atoms with Crippen molar-refractivity contribution in [1.82, 2.24) is 0 Å². The zero-order valence-corrected chi connectivity index (χ0v) is 8.12. The lowest BCUT2D eigenvalue weighted by Crippen LogP contribution is -1.93. The van der Waals surface area contributed by atoms with Gasteiger partial charge in [-0.05, 0) is 18.4 Å². The summed E-state index contributed by atoms with van der Waals surface area (Å²) in [6, 6.07) is 9.20. The van der Waals surface area contributed by atoms with E-state index in [4.69, 9.17) is 0 Å². The summed E-state index contributed by atoms with van der Waals surface area (Å²) in [4.78, 5) is 10.9. The quantitative estimate of drug-likeness (QED) is 0.694. The lowest BCUT2D eigenvalue weighted by atomic mass is 10.3. The van der Waals surface area contributed by atoms with Gasteiger partial charge in [-0.1, -0.05) is 18.2 Å². The Bertz CT molecular complexity index is 298. The van der Waals surface area contributed by atoms with E-state index in [0.29, 0.717) is 11.4 Å². The highest BCUT2D eigenvalue weighted by Gasteiger charge is 1.95. The summed E-state index contributed by atoms with van der Waals surface area (Å²) >= 11 is 1.44. The zero-order chi connectivity index (χ0) is 9.52. The van der Waals surface area contributed by atoms with Crippen LogP contribution in [-0.4, -0.2) is 17.9 Å². The fourth-order valence-electron chi connectivity index (χ4n) is 0.761. The predicted molar refractivity (Wildman–Crippen MR) is 54.3 cm³/mol. The van der Waals surface area contributed by atoms with Crippen molar-refractivity contribution in [2.75, 3.05) is 12.0 Å². The number of benzene rings is 1. The van der Waals surface area contributed by atoms with Gasteiger partial charge in [0.05, 0.1) is 11.4 Å². The van der Waals surface area contributed by atoms with Crippen molar-refractivity contribution in [2.24, 2.45) is 10.2 Å². The Morgan fingerprint density at radius 2 is 2.08 bits per heavy atom. The number of carbonyl (C=O) groups is 1. The van der Waals surface area contributed by atoms with E-state index in [1.54, 1.807) is 12.1 Å². The summed E-state index contributed by atoms with van der Waals surface area (Å²) in [6.45, 7) is 0. The summed E-state index contributed by atoms with van der Waals surface area (Å²) < 4.78 is 0. The van der Waals surface area contributed by atoms with E-state index in [1.807, 2.05) is 24.5 Å². The molecule has 0 saturated heterocycles. The van der Waals surface area contributed by atoms with Crippen molar-refractivity contribution in [2.45, 2.75) is 0 Å². The van der Waals surface area contributed by atoms with E-state index >= 15 is 0 Å². The monoisotopic (exact) mass is 194 g/mol. The summed E-state index contributed by atoms with van der Waals surface area (Å²) in [6.07, 6.45) is 1.86. The van der Waals surface area contributed by atoms with Crippen molar-refractivity contribution in [3.05, 3.63) is 30.3 Å². The molecule has 13 heavy (non-hydrogen) atoms. The molecule has 1 aromatic rings. The molecule has 0 saturated carbocycles. The van der Waals surface area contributed by atoms with Gasteiger partial charge in [-0.3, -0.25) is 4.79 Å². The van der Waals surface area contributed by atoms with Gasteiger partial charge < -0.3 is 0 Å². The van der Waals surface area contributed by atoms with Gasteiger partial charge in [0.1, 0.15) is 0 Å². The fourth-order valence-corrected chi connectivity index (χ4v) is 1.07. The molecule has 1 aromatic carbocycles. The number of hydrogen-bond acceptors (Lipinski definition) is 3. The Morgan fingerprint density at radius 1 is 1.38 bits per heavy atom. The molecule has 0 unspecified atom stereocenters. The van der Waals surface area contributed by atoms with E-state index in [2.05, 4.69) is 10.2 Å². The average Bonchev–Trinajstić information content (AvgIpc) is 2.17. The number of thioether (sulfide) groups is 1. The molecule has 0 aromatic heterocycles. The van der Waals surface area contributed by atoms with Crippen LogP contribution in [0.3, 0.4) is 0 Å². The number of rotatable bonds is 3. The Kier molecular flexibility index (Phi) is 4.18. The maximum absolute atomic E-state index is 10.9. The lowest BCUT2D eigenvalue weighted by molar-refractivity contribution is -0.115. The molecule has 3 nitrogen and oxygen atoms in total. The van der Waals surface area contributed by atoms with Crippen LogP contribution in [0.2, 0.25) is 0 Å². The Balaban J connectivity index is 2.54. The van der Waals surface area contributed by atoms with Crippen molar-refractivity contribution in [1.29, 1.82) is 0 Å². The minimum atomic E-state index is -0.198. The molecule has 0 bridgehead atoms. The first-order valence-corrected chi connectivity index (χ1v) is 5.21. The highest BCUT2D eigenvalue weighted by molar-refractivity contribution is 7.99. The second-order valence-electron chi connectivity index (χ2n) is 2.36. The van der Waals surface area contributed by atoms with Crippen molar-refractivity contribution < 1.29 is 4.79 Å². The van der Waals surface area contributed by atoms with Gasteiger partial charge in [0.15, 0.2) is 0 Å². The molecule has 0 spiro atoms. The van der Waals surface area contributed by atoms with Crippen molar-refractivity contribution in [3.8, 4) is 0 Å². The molecule has 1 rings (SSSR count). The van der Waals surface area contributed by atoms with Crippen molar-refractivity contribution >= 4 is 23.4 Å². The van der Waals surface area contributed by atoms with Gasteiger partial charge in [-0.2, -0.15) is 11.8 Å². The topological polar surface area (TPSA) is 41.8 Å². The van der Waals surface area contributed by atoms with E-state index < -0.39 is 0 Å². The van der Waals surface area contributed by atoms with Gasteiger partial charge in [0.25, 0.3) is 5.91 Å². The summed E-state index contributed by atoms with van der Waals surface area (Å²) in [5, 5.41) is 7.34. The molecule has 0 fully saturated rings. The van der Waals surface area contributed by atoms with Crippen LogP contribution >= 0.6 is 11.8 Å². The minimum Gasteiger partial charge on any atom is -0.270 e. The van der Waals surface area contributed by atoms with Crippen LogP contribution < -0.4 is 0 Å². The molecule has 0 N–H and O–H groups in total. The molecule has 4 heteroatoms. The highest BCUT2D eigenvalue weighted by Crippen LogP contribution is 2.10. The minimum absolute atomic E-state index is 0.198. The number of azo groups is 1. The third-order valence-corrected chi connectivity index (χ3v) is 1.84. The lowest BCUT2D eigenvalue weighted by Gasteiger charge is -1.89. The van der Waals surface area contributed by atoms with Gasteiger partial charge in [-0.25, -0.2) is 0 Å². The first-order chi connectivity index (χ1) is 6.33. The molecule has 68 valence electrons. The molecule has 0 aliphatic heterocycles. The summed E-state index contributed by atoms with van der Waals surface area (Å²) in [5.41, 5.74) is 0.706. The van der Waals surface area contributed by atoms with Crippen LogP contribution in [0.15, 0.2) is 40.6 Å². The Morgan fingerprint density at radius 3 is 2.69 bits per heavy atom. The highest BCUT2D eigenvalue weighted by atomic mass is 32.2. The zero-order valence-electron chi connectivity index (χ0n) is 7.30.